The van der Waals surface area contributed by atoms with Crippen LogP contribution in [0, 0.1) is 10.1 Å². The van der Waals surface area contributed by atoms with Gasteiger partial charge in [0.05, 0.1) is 10.7 Å². The zero-order valence-electron chi connectivity index (χ0n) is 11.0. The van der Waals surface area contributed by atoms with Gasteiger partial charge in [0.2, 0.25) is 0 Å². The van der Waals surface area contributed by atoms with Crippen LogP contribution in [0.5, 0.6) is 0 Å². The molecule has 0 aliphatic carbocycles. The van der Waals surface area contributed by atoms with Crippen molar-refractivity contribution in [3.8, 4) is 0 Å². The fraction of sp³-hybridized carbons (Fsp3) is 0.0667. The molecule has 0 aliphatic heterocycles. The molecule has 0 bridgehead atoms. The molecule has 0 spiro atoms. The van der Waals surface area contributed by atoms with E-state index in [9.17, 15) is 18.5 Å². The van der Waals surface area contributed by atoms with Crippen molar-refractivity contribution in [3.63, 3.8) is 0 Å². The number of sulfone groups is 1. The quantitative estimate of drug-likeness (QED) is 0.628. The van der Waals surface area contributed by atoms with Gasteiger partial charge in [0.15, 0.2) is 9.84 Å². The van der Waals surface area contributed by atoms with Crippen LogP contribution in [0.2, 0.25) is 0 Å². The Hall–Kier alpha value is -2.47. The fourth-order valence-corrected chi connectivity index (χ4v) is 2.89. The Morgan fingerprint density at radius 2 is 1.76 bits per heavy atom. The first kappa shape index (κ1) is 14.9. The summed E-state index contributed by atoms with van der Waals surface area (Å²) in [5.74, 6) is -0.266. The summed E-state index contributed by atoms with van der Waals surface area (Å²) in [5.41, 5.74) is 1.05. The van der Waals surface area contributed by atoms with Gasteiger partial charge < -0.3 is 0 Å². The molecule has 0 amide bonds. The molecule has 0 N–H and O–H groups in total. The molecule has 0 fully saturated rings. The molecule has 0 radical (unpaired) electrons. The maximum absolute atomic E-state index is 12.0. The predicted molar refractivity (Wildman–Crippen MR) is 81.2 cm³/mol. The second-order valence-corrected chi connectivity index (χ2v) is 6.33. The first-order chi connectivity index (χ1) is 9.96. The van der Waals surface area contributed by atoms with E-state index in [1.54, 1.807) is 18.2 Å². The van der Waals surface area contributed by atoms with E-state index < -0.39 is 14.8 Å². The van der Waals surface area contributed by atoms with Gasteiger partial charge in [-0.1, -0.05) is 42.5 Å². The largest absolute Gasteiger partial charge is 0.269 e. The molecule has 0 saturated carbocycles. The predicted octanol–water partition coefficient (Wildman–Crippen LogP) is 3.18. The minimum atomic E-state index is -3.48. The lowest BCUT2D eigenvalue weighted by Gasteiger charge is -2.00. The minimum Gasteiger partial charge on any atom is -0.258 e. The van der Waals surface area contributed by atoms with Gasteiger partial charge in [-0.25, -0.2) is 8.42 Å². The smallest absolute Gasteiger partial charge is 0.258 e. The second kappa shape index (κ2) is 6.32. The lowest BCUT2D eigenvalue weighted by Crippen LogP contribution is -2.00. The van der Waals surface area contributed by atoms with Gasteiger partial charge in [-0.3, -0.25) is 10.1 Å². The Kier molecular flexibility index (Phi) is 4.49. The van der Waals surface area contributed by atoms with Crippen molar-refractivity contribution in [2.24, 2.45) is 0 Å². The van der Waals surface area contributed by atoms with Crippen LogP contribution in [0.4, 0.5) is 5.69 Å². The maximum atomic E-state index is 12.0. The zero-order valence-corrected chi connectivity index (χ0v) is 11.9. The molecule has 108 valence electrons. The Balaban J connectivity index is 2.16. The Labute approximate surface area is 122 Å². The van der Waals surface area contributed by atoms with Crippen molar-refractivity contribution in [3.05, 3.63) is 81.2 Å². The molecule has 0 atom stereocenters. The first-order valence-corrected chi connectivity index (χ1v) is 7.87. The van der Waals surface area contributed by atoms with Crippen LogP contribution in [0.25, 0.3) is 6.08 Å². The number of nitrogens with zero attached hydrogens (tertiary/aromatic N) is 1. The number of benzene rings is 2. The van der Waals surface area contributed by atoms with Crippen molar-refractivity contribution in [1.82, 2.24) is 0 Å². The number of rotatable bonds is 5. The van der Waals surface area contributed by atoms with E-state index in [4.69, 9.17) is 0 Å². The summed E-state index contributed by atoms with van der Waals surface area (Å²) in [6.45, 7) is 0. The Morgan fingerprint density at radius 3 is 2.43 bits per heavy atom. The molecule has 0 unspecified atom stereocenters. The SMILES string of the molecule is O=[N+]([O-])c1cccc(CS(=O)(=O)C=Cc2ccccc2)c1. The lowest BCUT2D eigenvalue weighted by molar-refractivity contribution is -0.384. The van der Waals surface area contributed by atoms with E-state index in [2.05, 4.69) is 0 Å². The summed E-state index contributed by atoms with van der Waals surface area (Å²) in [7, 11) is -3.48. The lowest BCUT2D eigenvalue weighted by atomic mass is 10.2. The van der Waals surface area contributed by atoms with E-state index >= 15 is 0 Å². The molecule has 2 rings (SSSR count). The molecule has 6 heteroatoms. The van der Waals surface area contributed by atoms with Crippen LogP contribution in [0.15, 0.2) is 60.0 Å². The average molecular weight is 303 g/mol. The summed E-state index contributed by atoms with van der Waals surface area (Å²) < 4.78 is 24.0. The standard InChI is InChI=1S/C15H13NO4S/c17-16(18)15-8-4-7-14(11-15)12-21(19,20)10-9-13-5-2-1-3-6-13/h1-11H,12H2. The highest BCUT2D eigenvalue weighted by Crippen LogP contribution is 2.16. The first-order valence-electron chi connectivity index (χ1n) is 6.15. The van der Waals surface area contributed by atoms with Gasteiger partial charge in [0.25, 0.3) is 5.69 Å². The number of nitro groups is 1. The van der Waals surface area contributed by atoms with Gasteiger partial charge >= 0.3 is 0 Å². The summed E-state index contributed by atoms with van der Waals surface area (Å²) >= 11 is 0. The molecule has 0 saturated heterocycles. The molecule has 0 aliphatic rings. The van der Waals surface area contributed by atoms with E-state index in [-0.39, 0.29) is 11.4 Å². The molecule has 0 heterocycles. The van der Waals surface area contributed by atoms with Crippen LogP contribution < -0.4 is 0 Å². The summed E-state index contributed by atoms with van der Waals surface area (Å²) in [4.78, 5) is 10.1. The van der Waals surface area contributed by atoms with Crippen LogP contribution in [-0.4, -0.2) is 13.3 Å². The maximum Gasteiger partial charge on any atom is 0.269 e. The average Bonchev–Trinajstić information content (AvgIpc) is 2.46. The number of nitro benzene ring substituents is 1. The highest BCUT2D eigenvalue weighted by molar-refractivity contribution is 7.93. The molecular weight excluding hydrogens is 290 g/mol. The number of hydrogen-bond donors (Lipinski definition) is 0. The highest BCUT2D eigenvalue weighted by atomic mass is 32.2. The van der Waals surface area contributed by atoms with Crippen molar-refractivity contribution in [1.29, 1.82) is 0 Å². The summed E-state index contributed by atoms with van der Waals surface area (Å²) in [6, 6.07) is 14.7. The van der Waals surface area contributed by atoms with Crippen LogP contribution in [-0.2, 0) is 15.6 Å². The minimum absolute atomic E-state index is 0.116. The number of hydrogen-bond acceptors (Lipinski definition) is 4. The molecule has 2 aromatic rings. The van der Waals surface area contributed by atoms with Gasteiger partial charge in [-0.05, 0) is 17.2 Å². The van der Waals surface area contributed by atoms with Crippen LogP contribution in [0.1, 0.15) is 11.1 Å². The van der Waals surface area contributed by atoms with E-state index in [0.717, 1.165) is 11.0 Å². The van der Waals surface area contributed by atoms with Gasteiger partial charge in [0.1, 0.15) is 0 Å². The van der Waals surface area contributed by atoms with E-state index in [1.807, 2.05) is 18.2 Å². The third kappa shape index (κ3) is 4.54. The molecule has 2 aromatic carbocycles. The number of non-ortho nitro benzene ring substituents is 1. The van der Waals surface area contributed by atoms with E-state index in [1.165, 1.54) is 24.3 Å². The second-order valence-electron chi connectivity index (χ2n) is 4.45. The summed E-state index contributed by atoms with van der Waals surface area (Å²) in [6.07, 6.45) is 1.51. The highest BCUT2D eigenvalue weighted by Gasteiger charge is 2.11. The van der Waals surface area contributed by atoms with Crippen molar-refractivity contribution >= 4 is 21.6 Å². The topological polar surface area (TPSA) is 77.3 Å². The van der Waals surface area contributed by atoms with Crippen molar-refractivity contribution in [2.75, 3.05) is 0 Å². The van der Waals surface area contributed by atoms with Gasteiger partial charge in [-0.2, -0.15) is 0 Å². The Bertz CT molecular complexity index is 767. The van der Waals surface area contributed by atoms with Crippen molar-refractivity contribution < 1.29 is 13.3 Å². The molecule has 5 nitrogen and oxygen atoms in total. The van der Waals surface area contributed by atoms with Crippen LogP contribution >= 0.6 is 0 Å². The van der Waals surface area contributed by atoms with Crippen LogP contribution in [0.3, 0.4) is 0 Å². The fourth-order valence-electron chi connectivity index (χ4n) is 1.79. The van der Waals surface area contributed by atoms with Gasteiger partial charge in [-0.15, -0.1) is 0 Å². The van der Waals surface area contributed by atoms with Gasteiger partial charge in [0, 0.05) is 17.5 Å². The third-order valence-corrected chi connectivity index (χ3v) is 4.04. The monoisotopic (exact) mass is 303 g/mol. The van der Waals surface area contributed by atoms with Crippen molar-refractivity contribution in [2.45, 2.75) is 5.75 Å². The molecule has 0 aromatic heterocycles. The zero-order chi connectivity index (χ0) is 15.3. The Morgan fingerprint density at radius 1 is 1.05 bits per heavy atom. The molecular formula is C15H13NO4S. The van der Waals surface area contributed by atoms with E-state index in [0.29, 0.717) is 5.56 Å². The normalized spacial score (nSPS) is 11.6. The third-order valence-electron chi connectivity index (χ3n) is 2.76. The molecule has 21 heavy (non-hydrogen) atoms. The summed E-state index contributed by atoms with van der Waals surface area (Å²) in [5, 5.41) is 11.8.